The number of pyridine rings is 1. The van der Waals surface area contributed by atoms with Crippen molar-refractivity contribution in [1.29, 1.82) is 0 Å². The molecule has 0 spiro atoms. The van der Waals surface area contributed by atoms with Gasteiger partial charge in [-0.3, -0.25) is 4.98 Å². The minimum absolute atomic E-state index is 0.184. The largest absolute Gasteiger partial charge is 0.396 e. The molecule has 3 heterocycles. The minimum atomic E-state index is -1.02. The van der Waals surface area contributed by atoms with Gasteiger partial charge in [0.1, 0.15) is 22.4 Å². The van der Waals surface area contributed by atoms with Gasteiger partial charge in [0.25, 0.3) is 0 Å². The van der Waals surface area contributed by atoms with Crippen molar-refractivity contribution in [2.24, 2.45) is 11.8 Å². The van der Waals surface area contributed by atoms with Crippen LogP contribution in [0, 0.1) is 18.8 Å². The van der Waals surface area contributed by atoms with E-state index in [1.165, 1.54) is 5.56 Å². The number of anilines is 2. The molecule has 0 amide bonds. The van der Waals surface area contributed by atoms with E-state index in [1.54, 1.807) is 11.3 Å². The average Bonchev–Trinajstić information content (AvgIpc) is 3.65. The number of aliphatic hydroxyl groups is 3. The molecule has 0 saturated heterocycles. The summed E-state index contributed by atoms with van der Waals surface area (Å²) in [4.78, 5) is 19.5. The number of hydrogen-bond donors (Lipinski definition) is 5. The normalized spacial score (nSPS) is 28.0. The zero-order valence-corrected chi connectivity index (χ0v) is 24.8. The minimum Gasteiger partial charge on any atom is -0.396 e. The molecule has 4 aromatic rings. The van der Waals surface area contributed by atoms with Crippen molar-refractivity contribution in [2.45, 2.75) is 82.1 Å². The zero-order chi connectivity index (χ0) is 29.0. The van der Waals surface area contributed by atoms with Gasteiger partial charge in [0.15, 0.2) is 0 Å². The maximum absolute atomic E-state index is 10.8. The van der Waals surface area contributed by atoms with Gasteiger partial charge in [-0.2, -0.15) is 4.98 Å². The van der Waals surface area contributed by atoms with Crippen LogP contribution in [0.2, 0.25) is 0 Å². The second-order valence-corrected chi connectivity index (χ2v) is 13.4. The summed E-state index contributed by atoms with van der Waals surface area (Å²) < 4.78 is 1.08. The zero-order valence-electron chi connectivity index (χ0n) is 23.9. The van der Waals surface area contributed by atoms with Gasteiger partial charge in [0, 0.05) is 30.7 Å². The second-order valence-electron chi connectivity index (χ2n) is 12.4. The average molecular weight is 587 g/mol. The fourth-order valence-corrected chi connectivity index (χ4v) is 7.72. The van der Waals surface area contributed by atoms with E-state index in [1.807, 2.05) is 19.2 Å². The number of fused-ring (bicyclic) bond motifs is 1. The predicted octanol–water partition coefficient (Wildman–Crippen LogP) is 4.84. The molecule has 7 rings (SSSR count). The summed E-state index contributed by atoms with van der Waals surface area (Å²) in [5, 5.41) is 38.8. The molecule has 5 atom stereocenters. The Morgan fingerprint density at radius 1 is 0.976 bits per heavy atom. The molecule has 0 radical (unpaired) electrons. The molecular weight excluding hydrogens is 548 g/mol. The van der Waals surface area contributed by atoms with Crippen molar-refractivity contribution < 1.29 is 15.3 Å². The van der Waals surface area contributed by atoms with Gasteiger partial charge in [0.05, 0.1) is 33.8 Å². The fourth-order valence-electron chi connectivity index (χ4n) is 6.65. The van der Waals surface area contributed by atoms with Crippen LogP contribution in [0.4, 0.5) is 11.8 Å². The van der Waals surface area contributed by atoms with Crippen molar-refractivity contribution in [3.8, 4) is 10.6 Å². The van der Waals surface area contributed by atoms with E-state index >= 15 is 0 Å². The number of nitrogens with one attached hydrogen (secondary N) is 2. The maximum atomic E-state index is 10.8. The molecule has 3 aliphatic rings. The summed E-state index contributed by atoms with van der Waals surface area (Å²) in [5.41, 5.74) is 4.97. The Morgan fingerprint density at radius 3 is 2.48 bits per heavy atom. The van der Waals surface area contributed by atoms with E-state index in [0.717, 1.165) is 57.9 Å². The van der Waals surface area contributed by atoms with Crippen LogP contribution in [0.5, 0.6) is 0 Å². The third-order valence-corrected chi connectivity index (χ3v) is 10.5. The molecule has 5 N–H and O–H groups in total. The van der Waals surface area contributed by atoms with E-state index in [-0.39, 0.29) is 12.6 Å². The number of benzene rings is 1. The molecule has 0 bridgehead atoms. The Labute approximate surface area is 249 Å². The number of rotatable bonds is 9. The summed E-state index contributed by atoms with van der Waals surface area (Å²) in [6, 6.07) is 12.4. The number of hydrogen-bond acceptors (Lipinski definition) is 10. The molecule has 0 unspecified atom stereocenters. The first-order chi connectivity index (χ1) is 20.4. The predicted molar refractivity (Wildman–Crippen MR) is 165 cm³/mol. The van der Waals surface area contributed by atoms with Gasteiger partial charge in [-0.1, -0.05) is 30.3 Å². The van der Waals surface area contributed by atoms with Gasteiger partial charge >= 0.3 is 0 Å². The third kappa shape index (κ3) is 5.15. The monoisotopic (exact) mass is 586 g/mol. The lowest BCUT2D eigenvalue weighted by atomic mass is 9.68. The molecule has 3 saturated carbocycles. The van der Waals surface area contributed by atoms with Crippen molar-refractivity contribution in [3.05, 3.63) is 59.5 Å². The van der Waals surface area contributed by atoms with Gasteiger partial charge in [-0.05, 0) is 69.4 Å². The highest BCUT2D eigenvalue weighted by molar-refractivity contribution is 7.21. The topological polar surface area (TPSA) is 136 Å². The number of aromatic nitrogens is 4. The molecular formula is C32H38N6O3S. The Morgan fingerprint density at radius 2 is 1.76 bits per heavy atom. The molecule has 220 valence electrons. The fraction of sp³-hybridized carbons (Fsp3) is 0.500. The molecule has 10 heteroatoms. The highest BCUT2D eigenvalue weighted by atomic mass is 32.1. The Balaban J connectivity index is 1.19. The van der Waals surface area contributed by atoms with Gasteiger partial charge in [0.2, 0.25) is 5.95 Å². The second kappa shape index (κ2) is 11.1. The van der Waals surface area contributed by atoms with Gasteiger partial charge in [-0.15, -0.1) is 11.3 Å². The summed E-state index contributed by atoms with van der Waals surface area (Å²) in [5.74, 6) is 2.29. The number of thiazole rings is 1. The van der Waals surface area contributed by atoms with Crippen molar-refractivity contribution in [3.63, 3.8) is 0 Å². The lowest BCUT2D eigenvalue weighted by molar-refractivity contribution is 0.00446. The Kier molecular flexibility index (Phi) is 7.34. The molecule has 9 nitrogen and oxygen atoms in total. The maximum Gasteiger partial charge on any atom is 0.225 e. The summed E-state index contributed by atoms with van der Waals surface area (Å²) in [7, 11) is 0. The third-order valence-electron chi connectivity index (χ3n) is 9.47. The SMILES string of the molecule is Cc1nc(N[C@H](C)C2CC(c3ccccc3)C2)nc(N[C@@H]2C[C@H](CO)[C@@H](O)[C@H]2O)c1-c1nc2c(C3CC3)nccc2s1. The molecule has 3 fully saturated rings. The summed E-state index contributed by atoms with van der Waals surface area (Å²) in [6.07, 6.45) is 4.81. The molecule has 3 aromatic heterocycles. The lowest BCUT2D eigenvalue weighted by Crippen LogP contribution is -2.37. The van der Waals surface area contributed by atoms with Crippen LogP contribution in [0.25, 0.3) is 20.8 Å². The first kappa shape index (κ1) is 27.6. The Bertz CT molecular complexity index is 1570. The Hall–Kier alpha value is -3.18. The molecule has 1 aromatic carbocycles. The van der Waals surface area contributed by atoms with Crippen LogP contribution in [-0.4, -0.2) is 66.2 Å². The molecule has 42 heavy (non-hydrogen) atoms. The summed E-state index contributed by atoms with van der Waals surface area (Å²) in [6.45, 7) is 3.97. The highest BCUT2D eigenvalue weighted by Crippen LogP contribution is 2.46. The number of aryl methyl sites for hydroxylation is 1. The first-order valence-electron chi connectivity index (χ1n) is 15.1. The van der Waals surface area contributed by atoms with Crippen LogP contribution in [0.15, 0.2) is 42.6 Å². The smallest absolute Gasteiger partial charge is 0.225 e. The van der Waals surface area contributed by atoms with Crippen LogP contribution in [0.1, 0.15) is 67.8 Å². The van der Waals surface area contributed by atoms with E-state index in [2.05, 4.69) is 52.9 Å². The summed E-state index contributed by atoms with van der Waals surface area (Å²) >= 11 is 1.59. The standard InChI is InChI=1S/C32H38N6O3S/c1-16(20-12-21(13-20)18-6-4-3-5-7-18)34-32-35-17(2)25(30(38-32)36-23-14-22(15-39)28(40)29(23)41)31-37-27-24(42-31)10-11-33-26(27)19-8-9-19/h3-7,10-11,16,19-23,28-29,39-41H,8-9,12-15H2,1-2H3,(H2,34,35,36,38)/t16-,20?,21?,22-,23-,28-,29+/m1/s1. The van der Waals surface area contributed by atoms with Crippen molar-refractivity contribution in [2.75, 3.05) is 17.2 Å². The van der Waals surface area contributed by atoms with Crippen LogP contribution >= 0.6 is 11.3 Å². The van der Waals surface area contributed by atoms with Crippen molar-refractivity contribution in [1.82, 2.24) is 19.9 Å². The van der Waals surface area contributed by atoms with Crippen LogP contribution in [0.3, 0.4) is 0 Å². The quantitative estimate of drug-likeness (QED) is 0.187. The van der Waals surface area contributed by atoms with Crippen molar-refractivity contribution >= 4 is 33.3 Å². The molecule has 3 aliphatic carbocycles. The molecule has 0 aliphatic heterocycles. The van der Waals surface area contributed by atoms with E-state index in [4.69, 9.17) is 15.0 Å². The van der Waals surface area contributed by atoms with Gasteiger partial charge < -0.3 is 26.0 Å². The van der Waals surface area contributed by atoms with E-state index in [9.17, 15) is 15.3 Å². The van der Waals surface area contributed by atoms with Crippen LogP contribution < -0.4 is 10.6 Å². The lowest BCUT2D eigenvalue weighted by Gasteiger charge is -2.39. The number of aliphatic hydroxyl groups excluding tert-OH is 3. The van der Waals surface area contributed by atoms with E-state index in [0.29, 0.717) is 35.9 Å². The van der Waals surface area contributed by atoms with E-state index < -0.39 is 24.2 Å². The van der Waals surface area contributed by atoms with Gasteiger partial charge in [-0.25, -0.2) is 9.97 Å². The number of nitrogens with zero attached hydrogens (tertiary/aromatic N) is 4. The highest BCUT2D eigenvalue weighted by Gasteiger charge is 2.42. The first-order valence-corrected chi connectivity index (χ1v) is 15.9. The van der Waals surface area contributed by atoms with Crippen LogP contribution in [-0.2, 0) is 0 Å².